The fourth-order valence-electron chi connectivity index (χ4n) is 2.11. The Morgan fingerprint density at radius 2 is 2.25 bits per heavy atom. The first-order valence-corrected chi connectivity index (χ1v) is 5.91. The molecule has 1 aliphatic heterocycles. The average molecular weight is 220 g/mol. The summed E-state index contributed by atoms with van der Waals surface area (Å²) in [7, 11) is 0. The van der Waals surface area contributed by atoms with Crippen molar-refractivity contribution < 1.29 is 0 Å². The molecule has 1 aromatic rings. The van der Waals surface area contributed by atoms with E-state index in [1.165, 1.54) is 6.42 Å². The van der Waals surface area contributed by atoms with E-state index in [2.05, 4.69) is 41.0 Å². The van der Waals surface area contributed by atoms with E-state index in [4.69, 9.17) is 0 Å². The molecule has 0 unspecified atom stereocenters. The minimum absolute atomic E-state index is 0.406. The van der Waals surface area contributed by atoms with Gasteiger partial charge in [0.1, 0.15) is 18.0 Å². The zero-order chi connectivity index (χ0) is 11.6. The zero-order valence-electron chi connectivity index (χ0n) is 10.3. The van der Waals surface area contributed by atoms with Gasteiger partial charge < -0.3 is 10.2 Å². The molecule has 0 saturated carbocycles. The second-order valence-corrected chi connectivity index (χ2v) is 5.13. The van der Waals surface area contributed by atoms with E-state index in [-0.39, 0.29) is 0 Å². The predicted molar refractivity (Wildman–Crippen MR) is 66.8 cm³/mol. The number of rotatable bonds is 3. The van der Waals surface area contributed by atoms with Crippen LogP contribution in [0.3, 0.4) is 0 Å². The molecule has 2 rings (SSSR count). The second kappa shape index (κ2) is 4.28. The van der Waals surface area contributed by atoms with E-state index >= 15 is 0 Å². The average Bonchev–Trinajstić information content (AvgIpc) is 2.60. The summed E-state index contributed by atoms with van der Waals surface area (Å²) in [5, 5.41) is 3.21. The lowest BCUT2D eigenvalue weighted by Crippen LogP contribution is -2.23. The lowest BCUT2D eigenvalue weighted by Gasteiger charge is -2.20. The number of nitrogens with one attached hydrogen (secondary N) is 1. The number of nitrogens with zero attached hydrogens (tertiary/aromatic N) is 3. The van der Waals surface area contributed by atoms with Crippen molar-refractivity contribution in [2.24, 2.45) is 5.41 Å². The minimum Gasteiger partial charge on any atom is -0.370 e. The second-order valence-electron chi connectivity index (χ2n) is 5.13. The summed E-state index contributed by atoms with van der Waals surface area (Å²) in [6.45, 7) is 9.74. The van der Waals surface area contributed by atoms with E-state index in [0.29, 0.717) is 5.41 Å². The molecule has 4 nitrogen and oxygen atoms in total. The van der Waals surface area contributed by atoms with Crippen molar-refractivity contribution in [3.63, 3.8) is 0 Å². The van der Waals surface area contributed by atoms with Crippen LogP contribution in [-0.2, 0) is 0 Å². The Labute approximate surface area is 97.1 Å². The molecular weight excluding hydrogens is 200 g/mol. The summed E-state index contributed by atoms with van der Waals surface area (Å²) in [6.07, 6.45) is 2.87. The maximum atomic E-state index is 4.34. The van der Waals surface area contributed by atoms with Gasteiger partial charge in [0.15, 0.2) is 0 Å². The highest BCUT2D eigenvalue weighted by Crippen LogP contribution is 2.31. The van der Waals surface area contributed by atoms with Crippen molar-refractivity contribution in [3.8, 4) is 0 Å². The summed E-state index contributed by atoms with van der Waals surface area (Å²) in [5.74, 6) is 1.95. The molecule has 0 spiro atoms. The first kappa shape index (κ1) is 11.2. The molecule has 4 heteroatoms. The maximum absolute atomic E-state index is 4.34. The third-order valence-electron chi connectivity index (χ3n) is 3.01. The minimum atomic E-state index is 0.406. The molecule has 0 radical (unpaired) electrons. The first-order chi connectivity index (χ1) is 7.61. The van der Waals surface area contributed by atoms with Crippen LogP contribution in [0.25, 0.3) is 0 Å². The standard InChI is InChI=1S/C12H20N4/c1-4-13-10-7-11(15-9-14-10)16-6-5-12(2,3)8-16/h7,9H,4-6,8H2,1-3H3,(H,13,14,15). The molecule has 0 bridgehead atoms. The highest BCUT2D eigenvalue weighted by molar-refractivity contribution is 5.49. The van der Waals surface area contributed by atoms with Crippen molar-refractivity contribution in [2.75, 3.05) is 29.9 Å². The fourth-order valence-corrected chi connectivity index (χ4v) is 2.11. The van der Waals surface area contributed by atoms with Gasteiger partial charge in [-0.3, -0.25) is 0 Å². The molecule has 1 saturated heterocycles. The predicted octanol–water partition coefficient (Wildman–Crippen LogP) is 2.14. The molecule has 1 aliphatic rings. The van der Waals surface area contributed by atoms with E-state index < -0.39 is 0 Å². The molecule has 1 fully saturated rings. The van der Waals surface area contributed by atoms with Gasteiger partial charge in [-0.25, -0.2) is 9.97 Å². The van der Waals surface area contributed by atoms with Crippen molar-refractivity contribution >= 4 is 11.6 Å². The Bertz CT molecular complexity index is 362. The van der Waals surface area contributed by atoms with E-state index in [1.54, 1.807) is 6.33 Å². The molecule has 16 heavy (non-hydrogen) atoms. The Hall–Kier alpha value is -1.32. The summed E-state index contributed by atoms with van der Waals surface area (Å²) < 4.78 is 0. The molecule has 0 atom stereocenters. The largest absolute Gasteiger partial charge is 0.370 e. The first-order valence-electron chi connectivity index (χ1n) is 5.91. The highest BCUT2D eigenvalue weighted by Gasteiger charge is 2.29. The van der Waals surface area contributed by atoms with Crippen molar-refractivity contribution in [1.29, 1.82) is 0 Å². The number of anilines is 2. The zero-order valence-corrected chi connectivity index (χ0v) is 10.3. The van der Waals surface area contributed by atoms with Gasteiger partial charge >= 0.3 is 0 Å². The van der Waals surface area contributed by atoms with Crippen molar-refractivity contribution in [2.45, 2.75) is 27.2 Å². The van der Waals surface area contributed by atoms with Crippen LogP contribution in [0.1, 0.15) is 27.2 Å². The molecule has 88 valence electrons. The van der Waals surface area contributed by atoms with Crippen LogP contribution >= 0.6 is 0 Å². The Morgan fingerprint density at radius 3 is 2.88 bits per heavy atom. The van der Waals surface area contributed by atoms with Crippen LogP contribution in [0.5, 0.6) is 0 Å². The van der Waals surface area contributed by atoms with E-state index in [1.807, 2.05) is 6.07 Å². The normalized spacial score (nSPS) is 18.8. The third kappa shape index (κ3) is 2.43. The Balaban J connectivity index is 2.12. The van der Waals surface area contributed by atoms with Gasteiger partial charge in [0, 0.05) is 25.7 Å². The SMILES string of the molecule is CCNc1cc(N2CCC(C)(C)C2)ncn1. The molecular formula is C12H20N4. The van der Waals surface area contributed by atoms with Crippen molar-refractivity contribution in [3.05, 3.63) is 12.4 Å². The van der Waals surface area contributed by atoms with Gasteiger partial charge in [0.2, 0.25) is 0 Å². The Morgan fingerprint density at radius 1 is 1.44 bits per heavy atom. The van der Waals surface area contributed by atoms with Gasteiger partial charge in [-0.15, -0.1) is 0 Å². The number of hydrogen-bond acceptors (Lipinski definition) is 4. The molecule has 0 aromatic carbocycles. The topological polar surface area (TPSA) is 41.0 Å². The summed E-state index contributed by atoms with van der Waals surface area (Å²) in [4.78, 5) is 10.9. The summed E-state index contributed by atoms with van der Waals surface area (Å²) in [5.41, 5.74) is 0.406. The van der Waals surface area contributed by atoms with Gasteiger partial charge in [-0.05, 0) is 18.8 Å². The molecule has 1 aromatic heterocycles. The van der Waals surface area contributed by atoms with E-state index in [9.17, 15) is 0 Å². The van der Waals surface area contributed by atoms with Gasteiger partial charge in [-0.1, -0.05) is 13.8 Å². The van der Waals surface area contributed by atoms with Crippen LogP contribution in [0.15, 0.2) is 12.4 Å². The van der Waals surface area contributed by atoms with E-state index in [0.717, 1.165) is 31.3 Å². The van der Waals surface area contributed by atoms with Gasteiger partial charge in [-0.2, -0.15) is 0 Å². The summed E-state index contributed by atoms with van der Waals surface area (Å²) in [6, 6.07) is 2.03. The molecule has 0 amide bonds. The smallest absolute Gasteiger partial charge is 0.134 e. The lowest BCUT2D eigenvalue weighted by atomic mass is 9.93. The summed E-state index contributed by atoms with van der Waals surface area (Å²) >= 11 is 0. The van der Waals surface area contributed by atoms with Crippen LogP contribution in [-0.4, -0.2) is 29.6 Å². The van der Waals surface area contributed by atoms with Crippen LogP contribution in [0.2, 0.25) is 0 Å². The monoisotopic (exact) mass is 220 g/mol. The van der Waals surface area contributed by atoms with Crippen LogP contribution in [0.4, 0.5) is 11.6 Å². The third-order valence-corrected chi connectivity index (χ3v) is 3.01. The highest BCUT2D eigenvalue weighted by atomic mass is 15.2. The lowest BCUT2D eigenvalue weighted by molar-refractivity contribution is 0.418. The quantitative estimate of drug-likeness (QED) is 0.847. The van der Waals surface area contributed by atoms with Crippen molar-refractivity contribution in [1.82, 2.24) is 9.97 Å². The van der Waals surface area contributed by atoms with Crippen LogP contribution < -0.4 is 10.2 Å². The Kier molecular flexibility index (Phi) is 2.99. The molecule has 2 heterocycles. The maximum Gasteiger partial charge on any atom is 0.134 e. The molecule has 1 N–H and O–H groups in total. The number of aromatic nitrogens is 2. The fraction of sp³-hybridized carbons (Fsp3) is 0.667. The van der Waals surface area contributed by atoms with Gasteiger partial charge in [0.25, 0.3) is 0 Å². The molecule has 0 aliphatic carbocycles. The number of hydrogen-bond donors (Lipinski definition) is 1. The van der Waals surface area contributed by atoms with Crippen LogP contribution in [0, 0.1) is 5.41 Å². The van der Waals surface area contributed by atoms with Gasteiger partial charge in [0.05, 0.1) is 0 Å².